The summed E-state index contributed by atoms with van der Waals surface area (Å²) in [6.07, 6.45) is 5.29. The van der Waals surface area contributed by atoms with E-state index in [-0.39, 0.29) is 18.5 Å². The number of hydrogen-bond acceptors (Lipinski definition) is 3. The Bertz CT molecular complexity index is 650. The van der Waals surface area contributed by atoms with Crippen molar-refractivity contribution >= 4 is 21.6 Å². The zero-order chi connectivity index (χ0) is 17.0. The highest BCUT2D eigenvalue weighted by molar-refractivity contribution is 7.92. The Morgan fingerprint density at radius 3 is 2.39 bits per heavy atom. The lowest BCUT2D eigenvalue weighted by molar-refractivity contribution is -0.120. The van der Waals surface area contributed by atoms with Crippen LogP contribution in [-0.2, 0) is 14.8 Å². The molecule has 0 atom stereocenters. The fraction of sp³-hybridized carbons (Fsp3) is 0.588. The van der Waals surface area contributed by atoms with Crippen molar-refractivity contribution in [3.8, 4) is 0 Å². The van der Waals surface area contributed by atoms with E-state index < -0.39 is 10.0 Å². The highest BCUT2D eigenvalue weighted by atomic mass is 32.2. The Kier molecular flexibility index (Phi) is 5.68. The van der Waals surface area contributed by atoms with Gasteiger partial charge in [0.15, 0.2) is 0 Å². The predicted octanol–water partition coefficient (Wildman–Crippen LogP) is 2.46. The van der Waals surface area contributed by atoms with Crippen molar-refractivity contribution in [1.29, 1.82) is 0 Å². The Morgan fingerprint density at radius 2 is 1.83 bits per heavy atom. The smallest absolute Gasteiger partial charge is 0.240 e. The summed E-state index contributed by atoms with van der Waals surface area (Å²) in [6, 6.07) is 7.36. The second-order valence-corrected chi connectivity index (χ2v) is 8.49. The molecule has 23 heavy (non-hydrogen) atoms. The van der Waals surface area contributed by atoms with Crippen LogP contribution in [0.25, 0.3) is 0 Å². The van der Waals surface area contributed by atoms with Crippen LogP contribution >= 0.6 is 0 Å². The summed E-state index contributed by atoms with van der Waals surface area (Å²) >= 11 is 0. The number of rotatable bonds is 5. The van der Waals surface area contributed by atoms with Crippen LogP contribution < -0.4 is 9.62 Å². The number of nitrogens with one attached hydrogen (secondary N) is 1. The number of para-hydroxylation sites is 1. The van der Waals surface area contributed by atoms with Gasteiger partial charge in [-0.1, -0.05) is 25.1 Å². The van der Waals surface area contributed by atoms with Crippen LogP contribution in [0.3, 0.4) is 0 Å². The molecule has 1 aromatic rings. The largest absolute Gasteiger partial charge is 0.352 e. The predicted molar refractivity (Wildman–Crippen MR) is 92.9 cm³/mol. The molecule has 0 aromatic heterocycles. The maximum absolute atomic E-state index is 12.3. The molecular weight excluding hydrogens is 312 g/mol. The average Bonchev–Trinajstić information content (AvgIpc) is 2.47. The summed E-state index contributed by atoms with van der Waals surface area (Å²) in [6.45, 7) is 3.89. The number of aryl methyl sites for hydroxylation is 1. The molecular formula is C17H26N2O3S. The van der Waals surface area contributed by atoms with Crippen molar-refractivity contribution in [2.24, 2.45) is 5.92 Å². The third-order valence-corrected chi connectivity index (χ3v) is 5.58. The van der Waals surface area contributed by atoms with Gasteiger partial charge in [0.05, 0.1) is 11.9 Å². The second kappa shape index (κ2) is 7.34. The van der Waals surface area contributed by atoms with Crippen LogP contribution in [0.2, 0.25) is 0 Å². The lowest BCUT2D eigenvalue weighted by atomic mass is 9.87. The Labute approximate surface area is 139 Å². The van der Waals surface area contributed by atoms with Gasteiger partial charge in [0.1, 0.15) is 6.54 Å². The minimum atomic E-state index is -3.51. The number of hydrogen-bond donors (Lipinski definition) is 1. The molecule has 128 valence electrons. The SMILES string of the molecule is Cc1ccccc1N(CC(=O)NC1CCC(C)CC1)S(C)(=O)=O. The Morgan fingerprint density at radius 1 is 1.22 bits per heavy atom. The zero-order valence-corrected chi connectivity index (χ0v) is 14.9. The van der Waals surface area contributed by atoms with Crippen LogP contribution in [0, 0.1) is 12.8 Å². The molecule has 1 aromatic carbocycles. The minimum absolute atomic E-state index is 0.164. The first kappa shape index (κ1) is 17.8. The topological polar surface area (TPSA) is 66.5 Å². The molecule has 1 aliphatic rings. The fourth-order valence-electron chi connectivity index (χ4n) is 3.03. The molecule has 1 amide bonds. The van der Waals surface area contributed by atoms with Gasteiger partial charge in [-0.15, -0.1) is 0 Å². The molecule has 1 N–H and O–H groups in total. The summed E-state index contributed by atoms with van der Waals surface area (Å²) in [4.78, 5) is 12.3. The van der Waals surface area contributed by atoms with Crippen LogP contribution in [0.1, 0.15) is 38.2 Å². The van der Waals surface area contributed by atoms with Crippen molar-refractivity contribution < 1.29 is 13.2 Å². The molecule has 0 heterocycles. The third-order valence-electron chi connectivity index (χ3n) is 4.45. The number of benzene rings is 1. The molecule has 6 heteroatoms. The van der Waals surface area contributed by atoms with Gasteiger partial charge < -0.3 is 5.32 Å². The first-order chi connectivity index (χ1) is 10.8. The highest BCUT2D eigenvalue weighted by Gasteiger charge is 2.25. The van der Waals surface area contributed by atoms with Gasteiger partial charge in [-0.2, -0.15) is 0 Å². The monoisotopic (exact) mass is 338 g/mol. The maximum Gasteiger partial charge on any atom is 0.240 e. The lowest BCUT2D eigenvalue weighted by Crippen LogP contribution is -2.45. The van der Waals surface area contributed by atoms with E-state index >= 15 is 0 Å². The van der Waals surface area contributed by atoms with Crippen molar-refractivity contribution in [3.05, 3.63) is 29.8 Å². The molecule has 1 fully saturated rings. The zero-order valence-electron chi connectivity index (χ0n) is 14.1. The van der Waals surface area contributed by atoms with E-state index in [0.717, 1.165) is 37.5 Å². The van der Waals surface area contributed by atoms with Gasteiger partial charge in [0.2, 0.25) is 15.9 Å². The number of nitrogens with zero attached hydrogens (tertiary/aromatic N) is 1. The summed E-state index contributed by atoms with van der Waals surface area (Å²) in [5.41, 5.74) is 1.39. The van der Waals surface area contributed by atoms with Crippen molar-refractivity contribution in [1.82, 2.24) is 5.32 Å². The molecule has 0 radical (unpaired) electrons. The van der Waals surface area contributed by atoms with Gasteiger partial charge in [-0.05, 0) is 50.2 Å². The number of carbonyl (C=O) groups excluding carboxylic acids is 1. The number of anilines is 1. The minimum Gasteiger partial charge on any atom is -0.352 e. The van der Waals surface area contributed by atoms with Crippen LogP contribution in [-0.4, -0.2) is 33.2 Å². The van der Waals surface area contributed by atoms with E-state index in [1.165, 1.54) is 4.31 Å². The molecule has 0 aliphatic heterocycles. The third kappa shape index (κ3) is 4.96. The molecule has 0 saturated heterocycles. The van der Waals surface area contributed by atoms with Crippen molar-refractivity contribution in [3.63, 3.8) is 0 Å². The molecule has 0 bridgehead atoms. The Balaban J connectivity index is 2.07. The van der Waals surface area contributed by atoms with Gasteiger partial charge in [0.25, 0.3) is 0 Å². The van der Waals surface area contributed by atoms with E-state index in [0.29, 0.717) is 11.6 Å². The molecule has 1 saturated carbocycles. The van der Waals surface area contributed by atoms with E-state index in [4.69, 9.17) is 0 Å². The van der Waals surface area contributed by atoms with Crippen molar-refractivity contribution in [2.45, 2.75) is 45.6 Å². The molecule has 1 aliphatic carbocycles. The molecule has 5 nitrogen and oxygen atoms in total. The first-order valence-corrected chi connectivity index (χ1v) is 9.95. The van der Waals surface area contributed by atoms with Crippen LogP contribution in [0.5, 0.6) is 0 Å². The molecule has 0 spiro atoms. The fourth-order valence-corrected chi connectivity index (χ4v) is 3.95. The standard InChI is InChI=1S/C17H26N2O3S/c1-13-8-10-15(11-9-13)18-17(20)12-19(23(3,21)22)16-7-5-4-6-14(16)2/h4-7,13,15H,8-12H2,1-3H3,(H,18,20). The van der Waals surface area contributed by atoms with E-state index in [1.54, 1.807) is 12.1 Å². The quantitative estimate of drug-likeness (QED) is 0.897. The second-order valence-electron chi connectivity index (χ2n) is 6.58. The molecule has 0 unspecified atom stereocenters. The van der Waals surface area contributed by atoms with Crippen molar-refractivity contribution in [2.75, 3.05) is 17.1 Å². The van der Waals surface area contributed by atoms with Gasteiger partial charge in [-0.25, -0.2) is 8.42 Å². The highest BCUT2D eigenvalue weighted by Crippen LogP contribution is 2.24. The maximum atomic E-state index is 12.3. The first-order valence-electron chi connectivity index (χ1n) is 8.10. The summed E-state index contributed by atoms with van der Waals surface area (Å²) in [5, 5.41) is 2.99. The summed E-state index contributed by atoms with van der Waals surface area (Å²) < 4.78 is 25.4. The van der Waals surface area contributed by atoms with Gasteiger partial charge in [0, 0.05) is 6.04 Å². The van der Waals surface area contributed by atoms with Gasteiger partial charge in [-0.3, -0.25) is 9.10 Å². The summed E-state index contributed by atoms with van der Waals surface area (Å²) in [7, 11) is -3.51. The number of sulfonamides is 1. The number of amides is 1. The lowest BCUT2D eigenvalue weighted by Gasteiger charge is -2.29. The van der Waals surface area contributed by atoms with E-state index in [1.807, 2.05) is 19.1 Å². The van der Waals surface area contributed by atoms with Crippen LogP contribution in [0.4, 0.5) is 5.69 Å². The normalized spacial score (nSPS) is 21.7. The van der Waals surface area contributed by atoms with Gasteiger partial charge >= 0.3 is 0 Å². The van der Waals surface area contributed by atoms with E-state index in [9.17, 15) is 13.2 Å². The summed E-state index contributed by atoms with van der Waals surface area (Å²) in [5.74, 6) is 0.473. The number of carbonyl (C=O) groups is 1. The van der Waals surface area contributed by atoms with E-state index in [2.05, 4.69) is 12.2 Å². The average molecular weight is 338 g/mol. The Hall–Kier alpha value is -1.56. The van der Waals surface area contributed by atoms with Crippen LogP contribution in [0.15, 0.2) is 24.3 Å². The molecule has 2 rings (SSSR count).